The molecule has 0 aliphatic carbocycles. The lowest BCUT2D eigenvalue weighted by Crippen LogP contribution is -2.28. The summed E-state index contributed by atoms with van der Waals surface area (Å²) >= 11 is 0. The van der Waals surface area contributed by atoms with Gasteiger partial charge in [0.15, 0.2) is 5.69 Å². The van der Waals surface area contributed by atoms with Crippen molar-refractivity contribution in [2.24, 2.45) is 0 Å². The maximum Gasteiger partial charge on any atom is 0.371 e. The van der Waals surface area contributed by atoms with Crippen molar-refractivity contribution in [1.82, 2.24) is 5.06 Å². The van der Waals surface area contributed by atoms with Gasteiger partial charge in [-0.1, -0.05) is 24.3 Å². The average Bonchev–Trinajstić information content (AvgIpc) is 2.44. The second kappa shape index (κ2) is 6.92. The fraction of sp³-hybridized carbons (Fsp3) is 0.154. The van der Waals surface area contributed by atoms with Crippen molar-refractivity contribution in [2.45, 2.75) is 6.54 Å². The van der Waals surface area contributed by atoms with Crippen molar-refractivity contribution < 1.29 is 24.6 Å². The Hall–Kier alpha value is -2.85. The minimum absolute atomic E-state index is 0.0526. The van der Waals surface area contributed by atoms with Gasteiger partial charge in [-0.25, -0.2) is 14.7 Å². The molecule has 0 atom stereocenters. The van der Waals surface area contributed by atoms with Gasteiger partial charge in [-0.15, -0.1) is 0 Å². The molecule has 7 heteroatoms. The van der Waals surface area contributed by atoms with Gasteiger partial charge in [-0.05, 0) is 5.56 Å². The number of carboxylic acids is 1. The van der Waals surface area contributed by atoms with Crippen molar-refractivity contribution >= 4 is 17.6 Å². The maximum absolute atomic E-state index is 11.7. The Kier molecular flexibility index (Phi) is 5.26. The van der Waals surface area contributed by atoms with Crippen molar-refractivity contribution in [3.05, 3.63) is 53.1 Å². The van der Waals surface area contributed by atoms with E-state index in [-0.39, 0.29) is 6.54 Å². The predicted octanol–water partition coefficient (Wildman–Crippen LogP) is 1.65. The summed E-state index contributed by atoms with van der Waals surface area (Å²) < 4.78 is 0. The fourth-order valence-corrected chi connectivity index (χ4v) is 1.32. The molecule has 0 aromatic heterocycles. The number of nitrogens with zero attached hydrogens (tertiary/aromatic N) is 2. The van der Waals surface area contributed by atoms with Gasteiger partial charge in [0.05, 0.1) is 26.3 Å². The van der Waals surface area contributed by atoms with Crippen LogP contribution in [0.25, 0.3) is 4.85 Å². The number of aliphatic carboxylic acids is 1. The number of carbonyl (C=O) groups excluding carboxylic acids is 1. The van der Waals surface area contributed by atoms with E-state index in [1.54, 1.807) is 24.3 Å². The third kappa shape index (κ3) is 4.12. The van der Waals surface area contributed by atoms with Gasteiger partial charge in [-0.3, -0.25) is 9.63 Å². The Morgan fingerprint density at radius 3 is 2.40 bits per heavy atom. The largest absolute Gasteiger partial charge is 0.502 e. The number of hydrogen-bond acceptors (Lipinski definition) is 4. The summed E-state index contributed by atoms with van der Waals surface area (Å²) in [5.74, 6) is -3.47. The quantitative estimate of drug-likeness (QED) is 0.369. The molecule has 0 aliphatic rings. The minimum Gasteiger partial charge on any atom is -0.502 e. The number of benzene rings is 1. The summed E-state index contributed by atoms with van der Waals surface area (Å²) in [4.78, 5) is 30.1. The van der Waals surface area contributed by atoms with Crippen LogP contribution in [0.15, 0.2) is 36.1 Å². The Bertz CT molecular complexity index is 571. The molecule has 1 aromatic rings. The molecule has 2 N–H and O–H groups in total. The first-order valence-electron chi connectivity index (χ1n) is 5.44. The van der Waals surface area contributed by atoms with E-state index in [9.17, 15) is 9.59 Å². The van der Waals surface area contributed by atoms with Crippen LogP contribution in [0.3, 0.4) is 0 Å². The van der Waals surface area contributed by atoms with Crippen molar-refractivity contribution in [2.75, 3.05) is 7.11 Å². The highest BCUT2D eigenvalue weighted by molar-refractivity contribution is 5.95. The normalized spacial score (nSPS) is 10.7. The first-order valence-corrected chi connectivity index (χ1v) is 5.44. The smallest absolute Gasteiger partial charge is 0.371 e. The zero-order chi connectivity index (χ0) is 15.1. The second-order valence-electron chi connectivity index (χ2n) is 3.67. The van der Waals surface area contributed by atoms with E-state index in [1.165, 1.54) is 7.11 Å². The van der Waals surface area contributed by atoms with Gasteiger partial charge in [-0.2, -0.15) is 0 Å². The Morgan fingerprint density at radius 1 is 1.35 bits per heavy atom. The number of hydrogen-bond donors (Lipinski definition) is 2. The molecule has 1 amide bonds. The van der Waals surface area contributed by atoms with E-state index in [0.717, 1.165) is 5.06 Å². The van der Waals surface area contributed by atoms with Gasteiger partial charge in [0.2, 0.25) is 5.76 Å². The topological polar surface area (TPSA) is 91.4 Å². The molecule has 1 rings (SSSR count). The van der Waals surface area contributed by atoms with Crippen LogP contribution in [0.5, 0.6) is 0 Å². The van der Waals surface area contributed by atoms with Crippen LogP contribution in [0.2, 0.25) is 0 Å². The van der Waals surface area contributed by atoms with Crippen molar-refractivity contribution in [1.29, 1.82) is 0 Å². The standard InChI is InChI=1S/C13H12N2O5/c1-14-10-5-3-9(4-6-10)8-15(20-2)12(17)7-11(16)13(18)19/h3-7,16H,8H2,2H3,(H,18,19)/b11-7-. The van der Waals surface area contributed by atoms with Crippen LogP contribution in [0, 0.1) is 6.57 Å². The maximum atomic E-state index is 11.7. The molecule has 0 fully saturated rings. The number of hydroxylamine groups is 2. The van der Waals surface area contributed by atoms with E-state index in [1.807, 2.05) is 0 Å². The lowest BCUT2D eigenvalue weighted by molar-refractivity contribution is -0.173. The molecule has 0 bridgehead atoms. The molecule has 0 unspecified atom stereocenters. The molecule has 0 heterocycles. The third-order valence-electron chi connectivity index (χ3n) is 2.34. The lowest BCUT2D eigenvalue weighted by atomic mass is 10.2. The molecule has 1 aromatic carbocycles. The number of rotatable bonds is 5. The molecule has 20 heavy (non-hydrogen) atoms. The highest BCUT2D eigenvalue weighted by Gasteiger charge is 2.15. The molecule has 0 radical (unpaired) electrons. The van der Waals surface area contributed by atoms with E-state index in [0.29, 0.717) is 17.3 Å². The van der Waals surface area contributed by atoms with Gasteiger partial charge in [0.25, 0.3) is 5.91 Å². The van der Waals surface area contributed by atoms with Crippen LogP contribution < -0.4 is 0 Å². The monoisotopic (exact) mass is 276 g/mol. The molecule has 0 saturated carbocycles. The predicted molar refractivity (Wildman–Crippen MR) is 68.6 cm³/mol. The molecule has 7 nitrogen and oxygen atoms in total. The third-order valence-corrected chi connectivity index (χ3v) is 2.34. The summed E-state index contributed by atoms with van der Waals surface area (Å²) in [7, 11) is 1.25. The molecular formula is C13H12N2O5. The molecule has 0 spiro atoms. The molecule has 0 aliphatic heterocycles. The number of carbonyl (C=O) groups is 2. The number of aliphatic hydroxyl groups is 1. The first kappa shape index (κ1) is 15.2. The SMILES string of the molecule is [C-]#[N+]c1ccc(CN(OC)C(=O)/C=C(\O)C(=O)O)cc1. The summed E-state index contributed by atoms with van der Waals surface area (Å²) in [5, 5.41) is 18.4. The van der Waals surface area contributed by atoms with Crippen molar-refractivity contribution in [3.8, 4) is 0 Å². The lowest BCUT2D eigenvalue weighted by Gasteiger charge is -2.18. The van der Waals surface area contributed by atoms with Gasteiger partial charge >= 0.3 is 5.97 Å². The average molecular weight is 276 g/mol. The van der Waals surface area contributed by atoms with Gasteiger partial charge in [0, 0.05) is 0 Å². The minimum atomic E-state index is -1.60. The van der Waals surface area contributed by atoms with E-state index < -0.39 is 17.6 Å². The van der Waals surface area contributed by atoms with Gasteiger partial charge in [0.1, 0.15) is 0 Å². The van der Waals surface area contributed by atoms with E-state index >= 15 is 0 Å². The summed E-state index contributed by atoms with van der Waals surface area (Å²) in [5.41, 5.74) is 1.16. The zero-order valence-corrected chi connectivity index (χ0v) is 10.6. The highest BCUT2D eigenvalue weighted by Crippen LogP contribution is 2.14. The van der Waals surface area contributed by atoms with Gasteiger partial charge < -0.3 is 10.2 Å². The number of carboxylic acid groups (broad SMARTS) is 1. The van der Waals surface area contributed by atoms with Crippen LogP contribution >= 0.6 is 0 Å². The van der Waals surface area contributed by atoms with Crippen molar-refractivity contribution in [3.63, 3.8) is 0 Å². The van der Waals surface area contributed by atoms with E-state index in [2.05, 4.69) is 4.85 Å². The Morgan fingerprint density at radius 2 is 1.95 bits per heavy atom. The van der Waals surface area contributed by atoms with Crippen LogP contribution in [0.4, 0.5) is 5.69 Å². The second-order valence-corrected chi connectivity index (χ2v) is 3.67. The summed E-state index contributed by atoms with van der Waals surface area (Å²) in [6, 6.07) is 6.47. The highest BCUT2D eigenvalue weighted by atomic mass is 16.7. The Labute approximate surface area is 115 Å². The zero-order valence-electron chi connectivity index (χ0n) is 10.6. The number of aliphatic hydroxyl groups excluding tert-OH is 1. The summed E-state index contributed by atoms with van der Waals surface area (Å²) in [6.45, 7) is 6.87. The molecule has 104 valence electrons. The first-order chi connectivity index (χ1) is 9.47. The number of amides is 1. The molecule has 0 saturated heterocycles. The Balaban J connectivity index is 2.81. The van der Waals surface area contributed by atoms with E-state index in [4.69, 9.17) is 21.6 Å². The van der Waals surface area contributed by atoms with Crippen LogP contribution in [-0.2, 0) is 21.0 Å². The summed E-state index contributed by atoms with van der Waals surface area (Å²) in [6.07, 6.45) is 0.555. The van der Waals surface area contributed by atoms with Crippen LogP contribution in [0.1, 0.15) is 5.56 Å². The molecular weight excluding hydrogens is 264 g/mol. The fourth-order valence-electron chi connectivity index (χ4n) is 1.32. The van der Waals surface area contributed by atoms with Crippen LogP contribution in [-0.4, -0.2) is 34.3 Å².